The number of nitro groups is 1. The number of hydrogen-bond acceptors (Lipinski definition) is 8. The van der Waals surface area contributed by atoms with Crippen molar-refractivity contribution in [1.82, 2.24) is 9.97 Å². The summed E-state index contributed by atoms with van der Waals surface area (Å²) in [4.78, 5) is 18.9. The third-order valence-electron chi connectivity index (χ3n) is 3.92. The lowest BCUT2D eigenvalue weighted by molar-refractivity contribution is -0.383. The van der Waals surface area contributed by atoms with Crippen LogP contribution < -0.4 is 16.4 Å². The van der Waals surface area contributed by atoms with Gasteiger partial charge in [0.15, 0.2) is 0 Å². The number of rotatable bonds is 6. The fourth-order valence-corrected chi connectivity index (χ4v) is 2.61. The number of nitrogen functional groups attached to an aromatic ring is 1. The van der Waals surface area contributed by atoms with Gasteiger partial charge in [0.1, 0.15) is 0 Å². The molecule has 3 rings (SSSR count). The molecule has 132 valence electrons. The van der Waals surface area contributed by atoms with E-state index in [0.717, 1.165) is 24.1 Å². The van der Waals surface area contributed by atoms with Gasteiger partial charge in [-0.15, -0.1) is 0 Å². The van der Waals surface area contributed by atoms with Gasteiger partial charge in [0.2, 0.25) is 17.6 Å². The Kier molecular flexibility index (Phi) is 4.94. The van der Waals surface area contributed by atoms with Crippen LogP contribution in [-0.2, 0) is 4.74 Å². The van der Waals surface area contributed by atoms with Crippen LogP contribution in [0.2, 0.25) is 0 Å². The van der Waals surface area contributed by atoms with Gasteiger partial charge in [-0.1, -0.05) is 17.7 Å². The fourth-order valence-electron chi connectivity index (χ4n) is 2.61. The number of benzene rings is 1. The predicted octanol–water partition coefficient (Wildman–Crippen LogP) is 2.61. The number of hydrogen-bond donors (Lipinski definition) is 3. The second-order valence-corrected chi connectivity index (χ2v) is 5.89. The number of anilines is 4. The molecule has 1 atom stereocenters. The van der Waals surface area contributed by atoms with E-state index in [-0.39, 0.29) is 29.4 Å². The molecule has 2 aromatic rings. The molecule has 0 bridgehead atoms. The molecular weight excluding hydrogens is 324 g/mol. The quantitative estimate of drug-likeness (QED) is 0.539. The molecule has 1 aromatic heterocycles. The number of ether oxygens (including phenoxy) is 1. The number of aryl methyl sites for hydroxylation is 1. The van der Waals surface area contributed by atoms with Crippen LogP contribution >= 0.6 is 0 Å². The molecular formula is C16H20N6O3. The van der Waals surface area contributed by atoms with E-state index < -0.39 is 4.92 Å². The van der Waals surface area contributed by atoms with Gasteiger partial charge in [-0.2, -0.15) is 9.97 Å². The zero-order valence-electron chi connectivity index (χ0n) is 13.9. The lowest BCUT2D eigenvalue weighted by atomic mass is 10.2. The smallest absolute Gasteiger partial charge is 0.353 e. The summed E-state index contributed by atoms with van der Waals surface area (Å²) in [5.74, 6) is 0.0915. The van der Waals surface area contributed by atoms with Crippen molar-refractivity contribution in [2.75, 3.05) is 29.5 Å². The normalized spacial score (nSPS) is 16.6. The van der Waals surface area contributed by atoms with Crippen molar-refractivity contribution in [1.29, 1.82) is 0 Å². The van der Waals surface area contributed by atoms with E-state index in [4.69, 9.17) is 10.5 Å². The Bertz CT molecular complexity index is 759. The van der Waals surface area contributed by atoms with Crippen molar-refractivity contribution < 1.29 is 9.66 Å². The Hall–Kier alpha value is -2.94. The first-order valence-electron chi connectivity index (χ1n) is 8.04. The Labute approximate surface area is 144 Å². The van der Waals surface area contributed by atoms with Crippen molar-refractivity contribution in [2.45, 2.75) is 25.9 Å². The average molecular weight is 344 g/mol. The number of nitrogens with zero attached hydrogens (tertiary/aromatic N) is 3. The molecule has 0 saturated carbocycles. The van der Waals surface area contributed by atoms with Crippen molar-refractivity contribution >= 4 is 29.0 Å². The van der Waals surface area contributed by atoms with Crippen LogP contribution in [0.3, 0.4) is 0 Å². The zero-order valence-corrected chi connectivity index (χ0v) is 13.9. The highest BCUT2D eigenvalue weighted by Gasteiger charge is 2.24. The van der Waals surface area contributed by atoms with Crippen LogP contribution in [0.25, 0.3) is 0 Å². The maximum atomic E-state index is 11.3. The monoisotopic (exact) mass is 344 g/mol. The van der Waals surface area contributed by atoms with Gasteiger partial charge in [-0.05, 0) is 31.9 Å². The molecule has 9 heteroatoms. The van der Waals surface area contributed by atoms with E-state index in [1.165, 1.54) is 0 Å². The molecule has 0 amide bonds. The summed E-state index contributed by atoms with van der Waals surface area (Å²) in [6, 6.07) is 7.62. The topological polar surface area (TPSA) is 128 Å². The number of nitrogens with one attached hydrogen (secondary N) is 2. The SMILES string of the molecule is Cc1ccc(Nc2nc(N)c([N+](=O)[O-])c(NC[C@@H]3CCCO3)n2)cc1. The van der Waals surface area contributed by atoms with Crippen LogP contribution in [-0.4, -0.2) is 34.1 Å². The molecule has 0 radical (unpaired) electrons. The highest BCUT2D eigenvalue weighted by atomic mass is 16.6. The van der Waals surface area contributed by atoms with E-state index in [2.05, 4.69) is 20.6 Å². The second-order valence-electron chi connectivity index (χ2n) is 5.89. The Morgan fingerprint density at radius 1 is 1.36 bits per heavy atom. The molecule has 0 unspecified atom stereocenters. The fraction of sp³-hybridized carbons (Fsp3) is 0.375. The Balaban J connectivity index is 1.83. The minimum Gasteiger partial charge on any atom is -0.378 e. The molecule has 0 aliphatic carbocycles. The van der Waals surface area contributed by atoms with Crippen LogP contribution in [0.4, 0.5) is 29.0 Å². The van der Waals surface area contributed by atoms with Crippen LogP contribution in [0.5, 0.6) is 0 Å². The minimum atomic E-state index is -0.581. The third kappa shape index (κ3) is 4.13. The minimum absolute atomic E-state index is 0.0179. The third-order valence-corrected chi connectivity index (χ3v) is 3.92. The molecule has 1 aromatic carbocycles. The highest BCUT2D eigenvalue weighted by Crippen LogP contribution is 2.30. The van der Waals surface area contributed by atoms with Crippen molar-refractivity contribution in [3.05, 3.63) is 39.9 Å². The van der Waals surface area contributed by atoms with E-state index in [9.17, 15) is 10.1 Å². The van der Waals surface area contributed by atoms with E-state index in [1.54, 1.807) is 0 Å². The lowest BCUT2D eigenvalue weighted by Gasteiger charge is -2.13. The summed E-state index contributed by atoms with van der Waals surface area (Å²) in [7, 11) is 0. The van der Waals surface area contributed by atoms with E-state index in [1.807, 2.05) is 31.2 Å². The first-order chi connectivity index (χ1) is 12.0. The van der Waals surface area contributed by atoms with E-state index >= 15 is 0 Å². The summed E-state index contributed by atoms with van der Waals surface area (Å²) in [5, 5.41) is 17.3. The summed E-state index contributed by atoms with van der Waals surface area (Å²) in [6.07, 6.45) is 1.92. The van der Waals surface area contributed by atoms with Crippen molar-refractivity contribution in [3.63, 3.8) is 0 Å². The highest BCUT2D eigenvalue weighted by molar-refractivity contribution is 5.71. The van der Waals surface area contributed by atoms with Crippen LogP contribution in [0.15, 0.2) is 24.3 Å². The first-order valence-corrected chi connectivity index (χ1v) is 8.04. The molecule has 9 nitrogen and oxygen atoms in total. The maximum Gasteiger partial charge on any atom is 0.353 e. The number of nitrogens with two attached hydrogens (primary N) is 1. The second kappa shape index (κ2) is 7.31. The molecule has 1 aliphatic rings. The van der Waals surface area contributed by atoms with Crippen LogP contribution in [0.1, 0.15) is 18.4 Å². The molecule has 1 aliphatic heterocycles. The van der Waals surface area contributed by atoms with Gasteiger partial charge >= 0.3 is 5.69 Å². The molecule has 0 spiro atoms. The van der Waals surface area contributed by atoms with Crippen LogP contribution in [0, 0.1) is 17.0 Å². The molecule has 1 fully saturated rings. The van der Waals surface area contributed by atoms with Crippen molar-refractivity contribution in [3.8, 4) is 0 Å². The lowest BCUT2D eigenvalue weighted by Crippen LogP contribution is -2.20. The summed E-state index contributed by atoms with van der Waals surface area (Å²) in [6.45, 7) is 3.12. The Morgan fingerprint density at radius 2 is 2.12 bits per heavy atom. The molecule has 4 N–H and O–H groups in total. The number of aromatic nitrogens is 2. The Morgan fingerprint density at radius 3 is 2.76 bits per heavy atom. The average Bonchev–Trinajstić information content (AvgIpc) is 3.08. The van der Waals surface area contributed by atoms with Gasteiger partial charge in [0, 0.05) is 18.8 Å². The summed E-state index contributed by atoms with van der Waals surface area (Å²) >= 11 is 0. The van der Waals surface area contributed by atoms with Crippen molar-refractivity contribution in [2.24, 2.45) is 0 Å². The molecule has 1 saturated heterocycles. The summed E-state index contributed by atoms with van der Waals surface area (Å²) in [5.41, 5.74) is 7.34. The maximum absolute atomic E-state index is 11.3. The largest absolute Gasteiger partial charge is 0.378 e. The zero-order chi connectivity index (χ0) is 17.8. The first kappa shape index (κ1) is 16.9. The van der Waals surface area contributed by atoms with E-state index in [0.29, 0.717) is 13.2 Å². The van der Waals surface area contributed by atoms with Gasteiger partial charge in [0.25, 0.3) is 0 Å². The summed E-state index contributed by atoms with van der Waals surface area (Å²) < 4.78 is 5.52. The van der Waals surface area contributed by atoms with Gasteiger partial charge in [-0.3, -0.25) is 10.1 Å². The predicted molar refractivity (Wildman–Crippen MR) is 95.0 cm³/mol. The molecule has 25 heavy (non-hydrogen) atoms. The van der Waals surface area contributed by atoms with Gasteiger partial charge < -0.3 is 21.1 Å². The van der Waals surface area contributed by atoms with Gasteiger partial charge in [0.05, 0.1) is 11.0 Å². The standard InChI is InChI=1S/C16H20N6O3/c1-10-4-6-11(7-5-10)19-16-20-14(17)13(22(23)24)15(21-16)18-9-12-3-2-8-25-12/h4-7,12H,2-3,8-9H2,1H3,(H4,17,18,19,20,21)/t12-/m0/s1. The molecule has 2 heterocycles. The van der Waals surface area contributed by atoms with Gasteiger partial charge in [-0.25, -0.2) is 0 Å².